The number of fused-ring (bicyclic) bond motifs is 1. The maximum atomic E-state index is 13.8. The first kappa shape index (κ1) is 25.9. The van der Waals surface area contributed by atoms with E-state index in [0.29, 0.717) is 0 Å². The van der Waals surface area contributed by atoms with Gasteiger partial charge in [-0.2, -0.15) is 18.4 Å². The number of rotatable bonds is 6. The van der Waals surface area contributed by atoms with Crippen LogP contribution in [0.2, 0.25) is 0 Å². The fourth-order valence-corrected chi connectivity index (χ4v) is 3.86. The molecule has 0 saturated heterocycles. The molecule has 0 spiro atoms. The molecule has 1 heterocycles. The van der Waals surface area contributed by atoms with E-state index in [9.17, 15) is 32.7 Å². The predicted molar refractivity (Wildman–Crippen MR) is 129 cm³/mol. The van der Waals surface area contributed by atoms with Crippen molar-refractivity contribution in [3.05, 3.63) is 82.5 Å². The van der Waals surface area contributed by atoms with Crippen LogP contribution in [0.4, 0.5) is 18.9 Å². The molecule has 1 aromatic heterocycles. The van der Waals surface area contributed by atoms with Gasteiger partial charge in [-0.25, -0.2) is 4.79 Å². The molecule has 4 rings (SSSR count). The highest BCUT2D eigenvalue weighted by Gasteiger charge is 2.34. The molecule has 12 heteroatoms. The number of benzene rings is 3. The van der Waals surface area contributed by atoms with E-state index in [4.69, 9.17) is 9.78 Å². The van der Waals surface area contributed by atoms with Crippen LogP contribution >= 0.6 is 0 Å². The molecule has 4 aromatic rings. The summed E-state index contributed by atoms with van der Waals surface area (Å²) in [6, 6.07) is 12.5. The molecule has 3 aromatic carbocycles. The lowest BCUT2D eigenvalue weighted by Gasteiger charge is -2.16. The lowest BCUT2D eigenvalue weighted by atomic mass is 9.93. The van der Waals surface area contributed by atoms with Crippen LogP contribution in [0.5, 0.6) is 0 Å². The minimum atomic E-state index is -4.73. The number of halogens is 3. The van der Waals surface area contributed by atoms with Crippen molar-refractivity contribution in [2.45, 2.75) is 13.1 Å². The van der Waals surface area contributed by atoms with Gasteiger partial charge in [0, 0.05) is 6.54 Å². The predicted octanol–water partition coefficient (Wildman–Crippen LogP) is 5.09. The van der Waals surface area contributed by atoms with Crippen molar-refractivity contribution in [2.75, 3.05) is 11.9 Å². The van der Waals surface area contributed by atoms with Gasteiger partial charge >= 0.3 is 12.1 Å². The third-order valence-electron chi connectivity index (χ3n) is 5.56. The number of carbonyl (C=O) groups is 3. The van der Waals surface area contributed by atoms with Gasteiger partial charge in [-0.15, -0.1) is 0 Å². The molecular formula is C26H17F3N4O5. The number of anilines is 1. The summed E-state index contributed by atoms with van der Waals surface area (Å²) < 4.78 is 46.6. The highest BCUT2D eigenvalue weighted by Crippen LogP contribution is 2.40. The molecule has 2 amide bonds. The third-order valence-corrected chi connectivity index (χ3v) is 5.56. The molecule has 0 fully saturated rings. The molecule has 0 radical (unpaired) electrons. The van der Waals surface area contributed by atoms with E-state index in [2.05, 4.69) is 15.8 Å². The number of carbonyl (C=O) groups excluding carboxylic acids is 2. The quantitative estimate of drug-likeness (QED) is 0.320. The number of aromatic nitrogens is 1. The second kappa shape index (κ2) is 10.1. The Morgan fingerprint density at radius 1 is 1.03 bits per heavy atom. The molecule has 0 aliphatic carbocycles. The van der Waals surface area contributed by atoms with Crippen LogP contribution in [0, 0.1) is 11.3 Å². The average Bonchev–Trinajstić information content (AvgIpc) is 3.31. The first-order valence-electron chi connectivity index (χ1n) is 11.0. The minimum Gasteiger partial charge on any atom is -0.478 e. The van der Waals surface area contributed by atoms with Gasteiger partial charge in [-0.3, -0.25) is 9.59 Å². The van der Waals surface area contributed by atoms with Crippen molar-refractivity contribution in [1.29, 1.82) is 5.26 Å². The zero-order valence-corrected chi connectivity index (χ0v) is 19.5. The zero-order chi connectivity index (χ0) is 27.6. The second-order valence-corrected chi connectivity index (χ2v) is 7.96. The number of alkyl halides is 3. The van der Waals surface area contributed by atoms with E-state index in [1.807, 2.05) is 0 Å². The summed E-state index contributed by atoms with van der Waals surface area (Å²) in [6.45, 7) is 1.85. The van der Waals surface area contributed by atoms with E-state index in [1.54, 1.807) is 13.0 Å². The molecule has 38 heavy (non-hydrogen) atoms. The lowest BCUT2D eigenvalue weighted by molar-refractivity contribution is -0.137. The number of carboxylic acids is 1. The summed E-state index contributed by atoms with van der Waals surface area (Å²) in [4.78, 5) is 37.4. The Labute approximate surface area is 212 Å². The molecule has 0 aliphatic heterocycles. The fourth-order valence-electron chi connectivity index (χ4n) is 3.86. The van der Waals surface area contributed by atoms with Crippen molar-refractivity contribution in [1.82, 2.24) is 10.5 Å². The number of nitrogens with one attached hydrogen (secondary N) is 2. The molecule has 0 aliphatic rings. The van der Waals surface area contributed by atoms with Gasteiger partial charge in [-0.05, 0) is 54.4 Å². The second-order valence-electron chi connectivity index (χ2n) is 7.96. The molecular weight excluding hydrogens is 505 g/mol. The van der Waals surface area contributed by atoms with Gasteiger partial charge in [0.15, 0.2) is 11.3 Å². The monoisotopic (exact) mass is 522 g/mol. The Bertz CT molecular complexity index is 1640. The van der Waals surface area contributed by atoms with Crippen LogP contribution in [0.25, 0.3) is 22.1 Å². The van der Waals surface area contributed by atoms with Crippen LogP contribution in [0.15, 0.2) is 59.1 Å². The highest BCUT2D eigenvalue weighted by molar-refractivity contribution is 6.14. The molecule has 9 nitrogen and oxygen atoms in total. The van der Waals surface area contributed by atoms with Crippen molar-refractivity contribution in [2.24, 2.45) is 0 Å². The van der Waals surface area contributed by atoms with Gasteiger partial charge in [0.1, 0.15) is 0 Å². The summed E-state index contributed by atoms with van der Waals surface area (Å²) in [5.41, 5.74) is -2.37. The summed E-state index contributed by atoms with van der Waals surface area (Å²) >= 11 is 0. The van der Waals surface area contributed by atoms with E-state index in [0.717, 1.165) is 12.1 Å². The fraction of sp³-hybridized carbons (Fsp3) is 0.115. The van der Waals surface area contributed by atoms with Crippen LogP contribution in [0.3, 0.4) is 0 Å². The Balaban J connectivity index is 1.87. The maximum absolute atomic E-state index is 13.8. The molecule has 0 bridgehead atoms. The van der Waals surface area contributed by atoms with Crippen molar-refractivity contribution < 1.29 is 37.2 Å². The topological polar surface area (TPSA) is 145 Å². The normalized spacial score (nSPS) is 11.1. The number of nitrogens with zero attached hydrogens (tertiary/aromatic N) is 2. The van der Waals surface area contributed by atoms with Crippen LogP contribution in [-0.4, -0.2) is 34.6 Å². The van der Waals surface area contributed by atoms with Crippen LogP contribution in [0.1, 0.15) is 49.3 Å². The molecule has 0 saturated carbocycles. The first-order chi connectivity index (χ1) is 18.0. The molecule has 0 atom stereocenters. The summed E-state index contributed by atoms with van der Waals surface area (Å²) in [6.07, 6.45) is -4.73. The summed E-state index contributed by atoms with van der Waals surface area (Å²) in [5, 5.41) is 27.1. The summed E-state index contributed by atoms with van der Waals surface area (Å²) in [5.74, 6) is -2.98. The van der Waals surface area contributed by atoms with Gasteiger partial charge < -0.3 is 20.3 Å². The molecule has 3 N–H and O–H groups in total. The Morgan fingerprint density at radius 2 is 1.76 bits per heavy atom. The van der Waals surface area contributed by atoms with E-state index < -0.39 is 29.5 Å². The Hall–Kier alpha value is -5.18. The van der Waals surface area contributed by atoms with Crippen molar-refractivity contribution in [3.8, 4) is 17.2 Å². The van der Waals surface area contributed by atoms with Gasteiger partial charge in [-0.1, -0.05) is 23.4 Å². The first-order valence-corrected chi connectivity index (χ1v) is 11.0. The largest absolute Gasteiger partial charge is 0.478 e. The average molecular weight is 522 g/mol. The molecule has 0 unspecified atom stereocenters. The van der Waals surface area contributed by atoms with Crippen molar-refractivity contribution in [3.63, 3.8) is 0 Å². The van der Waals surface area contributed by atoms with Gasteiger partial charge in [0.2, 0.25) is 0 Å². The van der Waals surface area contributed by atoms with Crippen LogP contribution in [-0.2, 0) is 6.18 Å². The smallest absolute Gasteiger partial charge is 0.417 e. The zero-order valence-electron chi connectivity index (χ0n) is 19.5. The number of hydrogen-bond donors (Lipinski definition) is 3. The van der Waals surface area contributed by atoms with E-state index in [-0.39, 0.29) is 56.7 Å². The SMILES string of the molecule is CCNC(=O)c1cc2onc(C(=O)Nc3ccc(C#N)cc3C(=O)O)c2cc1-c1ccccc1C(F)(F)F. The lowest BCUT2D eigenvalue weighted by Crippen LogP contribution is -2.23. The van der Waals surface area contributed by atoms with Crippen molar-refractivity contribution >= 4 is 34.4 Å². The Morgan fingerprint density at radius 3 is 2.42 bits per heavy atom. The number of amides is 2. The Kier molecular flexibility index (Phi) is 6.85. The number of nitriles is 1. The highest BCUT2D eigenvalue weighted by atomic mass is 19.4. The van der Waals surface area contributed by atoms with Crippen LogP contribution < -0.4 is 10.6 Å². The van der Waals surface area contributed by atoms with Gasteiger partial charge in [0.25, 0.3) is 11.8 Å². The third kappa shape index (κ3) is 4.90. The number of hydrogen-bond acceptors (Lipinski definition) is 6. The molecule has 192 valence electrons. The minimum absolute atomic E-state index is 0.00644. The number of carboxylic acid groups (broad SMARTS) is 1. The summed E-state index contributed by atoms with van der Waals surface area (Å²) in [7, 11) is 0. The van der Waals surface area contributed by atoms with E-state index >= 15 is 0 Å². The maximum Gasteiger partial charge on any atom is 0.417 e. The standard InChI is InChI=1S/C26H17F3N4O5/c1-2-31-23(34)16-11-21-18(10-15(16)14-5-3-4-6-19(14)26(27,28)29)22(33-38-21)24(35)32-20-8-7-13(12-30)9-17(20)25(36)37/h3-11H,2H2,1H3,(H,31,34)(H,32,35)(H,36,37). The van der Waals surface area contributed by atoms with Gasteiger partial charge in [0.05, 0.1) is 39.4 Å². The van der Waals surface area contributed by atoms with E-state index in [1.165, 1.54) is 42.5 Å². The number of aromatic carboxylic acids is 1.